The van der Waals surface area contributed by atoms with E-state index in [1.165, 1.54) is 0 Å². The van der Waals surface area contributed by atoms with Gasteiger partial charge in [0.25, 0.3) is 0 Å². The maximum atomic E-state index is 5.03. The molecule has 1 N–H and O–H groups in total. The van der Waals surface area contributed by atoms with E-state index in [0.717, 1.165) is 17.3 Å². The number of hydrogen-bond acceptors (Lipinski definition) is 3. The third-order valence-corrected chi connectivity index (χ3v) is 2.02. The first-order chi connectivity index (χ1) is 7.38. The van der Waals surface area contributed by atoms with Gasteiger partial charge < -0.3 is 10.1 Å². The topological polar surface area (TPSA) is 34.1 Å². The molecule has 0 bridgehead atoms. The molecule has 0 unspecified atom stereocenters. The Morgan fingerprint density at radius 3 is 2.47 bits per heavy atom. The van der Waals surface area contributed by atoms with Crippen molar-refractivity contribution >= 4 is 11.5 Å². The number of para-hydroxylation sites is 1. The number of nitrogens with one attached hydrogen (secondary N) is 1. The Bertz CT molecular complexity index is 411. The second kappa shape index (κ2) is 4.46. The van der Waals surface area contributed by atoms with Crippen molar-refractivity contribution in [3.63, 3.8) is 0 Å². The third kappa shape index (κ3) is 2.47. The highest BCUT2D eigenvalue weighted by Gasteiger charge is 1.95. The Morgan fingerprint density at radius 1 is 1.07 bits per heavy atom. The molecule has 3 heteroatoms. The number of anilines is 2. The van der Waals surface area contributed by atoms with Gasteiger partial charge in [-0.25, -0.2) is 4.98 Å². The van der Waals surface area contributed by atoms with Crippen molar-refractivity contribution in [2.75, 3.05) is 12.4 Å². The molecule has 0 spiro atoms. The Labute approximate surface area is 88.7 Å². The van der Waals surface area contributed by atoms with Crippen molar-refractivity contribution in [1.82, 2.24) is 4.98 Å². The number of ether oxygens (including phenoxy) is 1. The summed E-state index contributed by atoms with van der Waals surface area (Å²) in [5, 5.41) is 3.19. The second-order valence-corrected chi connectivity index (χ2v) is 3.07. The number of aromatic nitrogens is 1. The van der Waals surface area contributed by atoms with E-state index in [0.29, 0.717) is 0 Å². The molecule has 0 saturated heterocycles. The summed E-state index contributed by atoms with van der Waals surface area (Å²) in [5.74, 6) is 1.57. The predicted octanol–water partition coefficient (Wildman–Crippen LogP) is 2.83. The summed E-state index contributed by atoms with van der Waals surface area (Å²) >= 11 is 0. The van der Waals surface area contributed by atoms with Crippen LogP contribution in [0, 0.1) is 0 Å². The largest absolute Gasteiger partial charge is 0.495 e. The van der Waals surface area contributed by atoms with Gasteiger partial charge in [-0.15, -0.1) is 0 Å². The summed E-state index contributed by atoms with van der Waals surface area (Å²) in [4.78, 5) is 4.21. The summed E-state index contributed by atoms with van der Waals surface area (Å²) in [6, 6.07) is 13.7. The Kier molecular flexibility index (Phi) is 2.83. The van der Waals surface area contributed by atoms with Gasteiger partial charge in [0.2, 0.25) is 0 Å². The Hall–Kier alpha value is -2.03. The van der Waals surface area contributed by atoms with Gasteiger partial charge in [0.05, 0.1) is 13.3 Å². The van der Waals surface area contributed by atoms with E-state index in [1.807, 2.05) is 42.5 Å². The lowest BCUT2D eigenvalue weighted by Crippen LogP contribution is -1.93. The van der Waals surface area contributed by atoms with Crippen LogP contribution in [0.5, 0.6) is 5.75 Å². The van der Waals surface area contributed by atoms with Crippen LogP contribution in [0.4, 0.5) is 11.5 Å². The molecule has 1 aromatic heterocycles. The number of rotatable bonds is 3. The first-order valence-corrected chi connectivity index (χ1v) is 4.70. The molecule has 15 heavy (non-hydrogen) atoms. The molecule has 3 nitrogen and oxygen atoms in total. The van der Waals surface area contributed by atoms with Crippen LogP contribution in [0.1, 0.15) is 0 Å². The zero-order valence-corrected chi connectivity index (χ0v) is 8.47. The smallest absolute Gasteiger partial charge is 0.137 e. The van der Waals surface area contributed by atoms with Gasteiger partial charge in [0.1, 0.15) is 11.6 Å². The fraction of sp³-hybridized carbons (Fsp3) is 0.0833. The van der Waals surface area contributed by atoms with Crippen LogP contribution in [-0.4, -0.2) is 12.1 Å². The molecule has 76 valence electrons. The maximum Gasteiger partial charge on any atom is 0.137 e. The lowest BCUT2D eigenvalue weighted by molar-refractivity contribution is 0.413. The van der Waals surface area contributed by atoms with Crippen LogP contribution >= 0.6 is 0 Å². The molecule has 0 fully saturated rings. The summed E-state index contributed by atoms with van der Waals surface area (Å²) in [5.41, 5.74) is 1.02. The Morgan fingerprint density at radius 2 is 1.87 bits per heavy atom. The molecule has 0 amide bonds. The molecule has 1 aromatic carbocycles. The van der Waals surface area contributed by atoms with Gasteiger partial charge >= 0.3 is 0 Å². The van der Waals surface area contributed by atoms with E-state index >= 15 is 0 Å². The Balaban J connectivity index is 2.11. The number of pyridine rings is 1. The summed E-state index contributed by atoms with van der Waals surface area (Å²) in [6.07, 6.45) is 1.69. The minimum atomic E-state index is 0.758. The summed E-state index contributed by atoms with van der Waals surface area (Å²) < 4.78 is 5.03. The molecule has 0 atom stereocenters. The molecule has 0 aliphatic heterocycles. The number of hydrogen-bond donors (Lipinski definition) is 1. The number of benzene rings is 1. The molecule has 2 rings (SSSR count). The van der Waals surface area contributed by atoms with Crippen LogP contribution in [0.25, 0.3) is 0 Å². The SMILES string of the molecule is COc1ccc(Nc2ccccc2)nc1. The first kappa shape index (κ1) is 9.52. The summed E-state index contributed by atoms with van der Waals surface area (Å²) in [7, 11) is 1.63. The van der Waals surface area contributed by atoms with Crippen molar-refractivity contribution < 1.29 is 4.74 Å². The van der Waals surface area contributed by atoms with E-state index < -0.39 is 0 Å². The quantitative estimate of drug-likeness (QED) is 0.827. The highest BCUT2D eigenvalue weighted by atomic mass is 16.5. The van der Waals surface area contributed by atoms with E-state index in [9.17, 15) is 0 Å². The highest BCUT2D eigenvalue weighted by molar-refractivity contribution is 5.55. The van der Waals surface area contributed by atoms with Crippen LogP contribution in [0.2, 0.25) is 0 Å². The lowest BCUT2D eigenvalue weighted by Gasteiger charge is -2.05. The first-order valence-electron chi connectivity index (χ1n) is 4.70. The van der Waals surface area contributed by atoms with Gasteiger partial charge in [-0.05, 0) is 24.3 Å². The monoisotopic (exact) mass is 200 g/mol. The minimum Gasteiger partial charge on any atom is -0.495 e. The highest BCUT2D eigenvalue weighted by Crippen LogP contribution is 2.16. The van der Waals surface area contributed by atoms with Crippen LogP contribution in [-0.2, 0) is 0 Å². The third-order valence-electron chi connectivity index (χ3n) is 2.02. The fourth-order valence-corrected chi connectivity index (χ4v) is 1.24. The molecule has 0 saturated carbocycles. The van der Waals surface area contributed by atoms with Gasteiger partial charge in [-0.3, -0.25) is 0 Å². The van der Waals surface area contributed by atoms with E-state index in [4.69, 9.17) is 4.74 Å². The zero-order chi connectivity index (χ0) is 10.5. The zero-order valence-electron chi connectivity index (χ0n) is 8.47. The van der Waals surface area contributed by atoms with Crippen molar-refractivity contribution in [1.29, 1.82) is 0 Å². The van der Waals surface area contributed by atoms with Gasteiger partial charge in [-0.2, -0.15) is 0 Å². The van der Waals surface area contributed by atoms with E-state index in [1.54, 1.807) is 13.3 Å². The summed E-state index contributed by atoms with van der Waals surface area (Å²) in [6.45, 7) is 0. The molecule has 0 aliphatic carbocycles. The molecular formula is C12H12N2O. The molecule has 2 aromatic rings. The lowest BCUT2D eigenvalue weighted by atomic mass is 10.3. The molecule has 0 radical (unpaired) electrons. The fourth-order valence-electron chi connectivity index (χ4n) is 1.24. The van der Waals surface area contributed by atoms with Gasteiger partial charge in [0, 0.05) is 5.69 Å². The average molecular weight is 200 g/mol. The molecular weight excluding hydrogens is 188 g/mol. The standard InChI is InChI=1S/C12H12N2O/c1-15-11-7-8-12(13-9-11)14-10-5-3-2-4-6-10/h2-9H,1H3,(H,13,14). The van der Waals surface area contributed by atoms with Crippen molar-refractivity contribution in [2.24, 2.45) is 0 Å². The van der Waals surface area contributed by atoms with Crippen molar-refractivity contribution in [3.05, 3.63) is 48.7 Å². The second-order valence-electron chi connectivity index (χ2n) is 3.07. The number of nitrogens with zero attached hydrogens (tertiary/aromatic N) is 1. The van der Waals surface area contributed by atoms with E-state index in [-0.39, 0.29) is 0 Å². The van der Waals surface area contributed by atoms with Crippen LogP contribution < -0.4 is 10.1 Å². The molecule has 1 heterocycles. The minimum absolute atomic E-state index is 0.758. The normalized spacial score (nSPS) is 9.67. The van der Waals surface area contributed by atoms with Crippen molar-refractivity contribution in [2.45, 2.75) is 0 Å². The van der Waals surface area contributed by atoms with Crippen LogP contribution in [0.3, 0.4) is 0 Å². The maximum absolute atomic E-state index is 5.03. The van der Waals surface area contributed by atoms with E-state index in [2.05, 4.69) is 10.3 Å². The van der Waals surface area contributed by atoms with Gasteiger partial charge in [-0.1, -0.05) is 18.2 Å². The average Bonchev–Trinajstić information content (AvgIpc) is 2.31. The van der Waals surface area contributed by atoms with Crippen molar-refractivity contribution in [3.8, 4) is 5.75 Å². The van der Waals surface area contributed by atoms with Crippen LogP contribution in [0.15, 0.2) is 48.7 Å². The molecule has 0 aliphatic rings. The number of methoxy groups -OCH3 is 1. The van der Waals surface area contributed by atoms with Gasteiger partial charge in [0.15, 0.2) is 0 Å². The predicted molar refractivity (Wildman–Crippen MR) is 60.5 cm³/mol.